The fraction of sp³-hybridized carbons (Fsp3) is 0.524. The number of carboxylic acid groups (broad SMARTS) is 1. The average Bonchev–Trinajstić information content (AvgIpc) is 2.70. The molecule has 0 aliphatic carbocycles. The van der Waals surface area contributed by atoms with E-state index >= 15 is 0 Å². The van der Waals surface area contributed by atoms with Crippen LogP contribution in [0.2, 0.25) is 0 Å². The Hall–Kier alpha value is -3.10. The van der Waals surface area contributed by atoms with Crippen molar-refractivity contribution in [3.63, 3.8) is 0 Å². The van der Waals surface area contributed by atoms with Gasteiger partial charge in [-0.25, -0.2) is 14.4 Å². The molecular formula is C21H31N3O6. The maximum atomic E-state index is 12.5. The van der Waals surface area contributed by atoms with Crippen LogP contribution in [0.3, 0.4) is 0 Å². The third-order valence-corrected chi connectivity index (χ3v) is 4.20. The molecule has 9 nitrogen and oxygen atoms in total. The van der Waals surface area contributed by atoms with E-state index in [1.807, 2.05) is 20.8 Å². The number of hydroxylamine groups is 2. The van der Waals surface area contributed by atoms with Crippen molar-refractivity contribution in [2.24, 2.45) is 5.92 Å². The number of guanidine groups is 1. The Morgan fingerprint density at radius 3 is 2.33 bits per heavy atom. The van der Waals surface area contributed by atoms with Crippen molar-refractivity contribution >= 4 is 24.0 Å². The molecule has 0 aromatic heterocycles. The molecular weight excluding hydrogens is 390 g/mol. The molecule has 0 aliphatic heterocycles. The second-order valence-electron chi connectivity index (χ2n) is 7.32. The van der Waals surface area contributed by atoms with Crippen LogP contribution < -0.4 is 0 Å². The Labute approximate surface area is 177 Å². The number of likely N-dealkylation sites (N-methyl/N-ethyl adjacent to an activating group) is 1. The zero-order chi connectivity index (χ0) is 22.7. The highest BCUT2D eigenvalue weighted by atomic mass is 16.8. The van der Waals surface area contributed by atoms with Gasteiger partial charge in [0.1, 0.15) is 6.04 Å². The summed E-state index contributed by atoms with van der Waals surface area (Å²) in [7, 11) is 1.37. The van der Waals surface area contributed by atoms with Crippen LogP contribution in [0.1, 0.15) is 45.6 Å². The minimum Gasteiger partial charge on any atom is -0.480 e. The van der Waals surface area contributed by atoms with Gasteiger partial charge in [0.05, 0.1) is 13.0 Å². The molecule has 1 unspecified atom stereocenters. The van der Waals surface area contributed by atoms with Gasteiger partial charge >= 0.3 is 18.0 Å². The van der Waals surface area contributed by atoms with Crippen molar-refractivity contribution in [1.82, 2.24) is 9.96 Å². The molecule has 9 heteroatoms. The third kappa shape index (κ3) is 8.10. The Balaban J connectivity index is 2.99. The van der Waals surface area contributed by atoms with Gasteiger partial charge in [0.2, 0.25) is 5.96 Å². The van der Waals surface area contributed by atoms with E-state index in [1.165, 1.54) is 7.05 Å². The zero-order valence-corrected chi connectivity index (χ0v) is 18.0. The lowest BCUT2D eigenvalue weighted by Gasteiger charge is -2.31. The Morgan fingerprint density at radius 1 is 1.17 bits per heavy atom. The highest BCUT2D eigenvalue weighted by Crippen LogP contribution is 2.13. The lowest BCUT2D eigenvalue weighted by molar-refractivity contribution is -0.169. The molecule has 1 amide bonds. The number of carbonyl (C=O) groups is 3. The summed E-state index contributed by atoms with van der Waals surface area (Å²) in [5, 5.41) is 18.2. The summed E-state index contributed by atoms with van der Waals surface area (Å²) >= 11 is 0. The van der Waals surface area contributed by atoms with Gasteiger partial charge in [-0.2, -0.15) is 0 Å². The normalized spacial score (nSPS) is 11.5. The molecule has 0 fully saturated rings. The number of ether oxygens (including phenoxy) is 1. The number of aliphatic carboxylic acids is 1. The first-order chi connectivity index (χ1) is 14.2. The van der Waals surface area contributed by atoms with E-state index in [-0.39, 0.29) is 25.4 Å². The highest BCUT2D eigenvalue weighted by molar-refractivity contribution is 5.94. The van der Waals surface area contributed by atoms with Gasteiger partial charge in [-0.1, -0.05) is 69.0 Å². The molecule has 1 aromatic carbocycles. The standard InChI is InChI=1S/C21H31N3O6/c1-5-6-12-17(19(26)27)23(4)20(22)24(21(28)29-14-15(2)3)30-18(25)13-16-10-8-7-9-11-16/h7-11,15,17,22H,5-6,12-14H2,1-4H3,(H,26,27). The molecule has 0 heterocycles. The molecule has 2 N–H and O–H groups in total. The molecule has 0 aliphatic rings. The van der Waals surface area contributed by atoms with Gasteiger partial charge < -0.3 is 19.6 Å². The molecule has 0 radical (unpaired) electrons. The lowest BCUT2D eigenvalue weighted by atomic mass is 10.1. The van der Waals surface area contributed by atoms with Gasteiger partial charge in [-0.3, -0.25) is 5.41 Å². The number of hydrogen-bond donors (Lipinski definition) is 2. The predicted molar refractivity (Wildman–Crippen MR) is 111 cm³/mol. The van der Waals surface area contributed by atoms with Gasteiger partial charge in [0, 0.05) is 7.05 Å². The smallest absolute Gasteiger partial charge is 0.451 e. The number of nitrogens with zero attached hydrogens (tertiary/aromatic N) is 2. The summed E-state index contributed by atoms with van der Waals surface area (Å²) < 4.78 is 5.10. The van der Waals surface area contributed by atoms with Crippen LogP contribution in [0.5, 0.6) is 0 Å². The molecule has 30 heavy (non-hydrogen) atoms. The van der Waals surface area contributed by atoms with E-state index in [4.69, 9.17) is 15.0 Å². The molecule has 0 saturated heterocycles. The molecule has 0 bridgehead atoms. The Bertz CT molecular complexity index is 723. The fourth-order valence-electron chi connectivity index (χ4n) is 2.53. The highest BCUT2D eigenvalue weighted by Gasteiger charge is 2.33. The summed E-state index contributed by atoms with van der Waals surface area (Å²) in [5.41, 5.74) is 0.671. The van der Waals surface area contributed by atoms with Crippen LogP contribution in [0.4, 0.5) is 4.79 Å². The molecule has 166 valence electrons. The van der Waals surface area contributed by atoms with Crippen LogP contribution in [0, 0.1) is 11.3 Å². The first-order valence-electron chi connectivity index (χ1n) is 9.93. The maximum Gasteiger partial charge on any atom is 0.451 e. The van der Waals surface area contributed by atoms with E-state index in [9.17, 15) is 19.5 Å². The van der Waals surface area contributed by atoms with Gasteiger partial charge in [0.15, 0.2) is 0 Å². The number of benzene rings is 1. The summed E-state index contributed by atoms with van der Waals surface area (Å²) in [5.74, 6) is -2.48. The van der Waals surface area contributed by atoms with E-state index in [2.05, 4.69) is 0 Å². The second-order valence-corrected chi connectivity index (χ2v) is 7.32. The van der Waals surface area contributed by atoms with Crippen molar-refractivity contribution < 1.29 is 29.1 Å². The van der Waals surface area contributed by atoms with Gasteiger partial charge in [0.25, 0.3) is 0 Å². The van der Waals surface area contributed by atoms with E-state index < -0.39 is 30.0 Å². The van der Waals surface area contributed by atoms with E-state index in [1.54, 1.807) is 30.3 Å². The molecule has 1 atom stereocenters. The quantitative estimate of drug-likeness (QED) is 0.356. The minimum absolute atomic E-state index is 0.0269. The topological polar surface area (TPSA) is 120 Å². The SMILES string of the molecule is CCCCC(C(=O)O)N(C)C(=N)N(OC(=O)Cc1ccccc1)C(=O)OCC(C)C. The number of unbranched alkanes of at least 4 members (excludes halogenated alkanes) is 1. The number of carboxylic acids is 1. The van der Waals surface area contributed by atoms with E-state index in [0.717, 1.165) is 11.3 Å². The summed E-state index contributed by atoms with van der Waals surface area (Å²) in [6.07, 6.45) is 0.500. The number of rotatable bonds is 9. The van der Waals surface area contributed by atoms with Crippen molar-refractivity contribution in [3.05, 3.63) is 35.9 Å². The molecule has 0 spiro atoms. The Kier molecular flexibility index (Phi) is 10.4. The predicted octanol–water partition coefficient (Wildman–Crippen LogP) is 3.29. The maximum absolute atomic E-state index is 12.5. The lowest BCUT2D eigenvalue weighted by Crippen LogP contribution is -2.52. The first-order valence-corrected chi connectivity index (χ1v) is 9.93. The number of amides is 1. The average molecular weight is 421 g/mol. The first kappa shape index (κ1) is 24.9. The summed E-state index contributed by atoms with van der Waals surface area (Å²) in [6, 6.07) is 7.73. The van der Waals surface area contributed by atoms with Crippen molar-refractivity contribution in [2.45, 2.75) is 52.5 Å². The third-order valence-electron chi connectivity index (χ3n) is 4.20. The summed E-state index contributed by atoms with van der Waals surface area (Å²) in [6.45, 7) is 5.65. The fourth-order valence-corrected chi connectivity index (χ4v) is 2.53. The monoisotopic (exact) mass is 421 g/mol. The zero-order valence-electron chi connectivity index (χ0n) is 18.0. The Morgan fingerprint density at radius 2 is 1.80 bits per heavy atom. The molecule has 0 saturated carbocycles. The molecule has 1 rings (SSSR count). The number of hydrogen-bond acceptors (Lipinski definition) is 6. The van der Waals surface area contributed by atoms with Crippen LogP contribution in [0.15, 0.2) is 30.3 Å². The van der Waals surface area contributed by atoms with Crippen LogP contribution >= 0.6 is 0 Å². The van der Waals surface area contributed by atoms with Gasteiger partial charge in [-0.05, 0) is 17.9 Å². The number of nitrogens with one attached hydrogen (secondary N) is 1. The van der Waals surface area contributed by atoms with Gasteiger partial charge in [-0.15, -0.1) is 0 Å². The largest absolute Gasteiger partial charge is 0.480 e. The number of carbonyl (C=O) groups excluding carboxylic acids is 2. The van der Waals surface area contributed by atoms with Crippen molar-refractivity contribution in [3.8, 4) is 0 Å². The van der Waals surface area contributed by atoms with E-state index in [0.29, 0.717) is 17.0 Å². The van der Waals surface area contributed by atoms with Crippen molar-refractivity contribution in [1.29, 1.82) is 5.41 Å². The van der Waals surface area contributed by atoms with Crippen LogP contribution in [0.25, 0.3) is 0 Å². The van der Waals surface area contributed by atoms with Crippen LogP contribution in [-0.2, 0) is 25.6 Å². The minimum atomic E-state index is -1.14. The second kappa shape index (κ2) is 12.5. The summed E-state index contributed by atoms with van der Waals surface area (Å²) in [4.78, 5) is 42.7. The molecule has 1 aromatic rings. The van der Waals surface area contributed by atoms with Crippen LogP contribution in [-0.4, -0.2) is 58.8 Å². The van der Waals surface area contributed by atoms with Crippen molar-refractivity contribution in [2.75, 3.05) is 13.7 Å².